The lowest BCUT2D eigenvalue weighted by Crippen LogP contribution is -2.57. The quantitative estimate of drug-likeness (QED) is 0.534. The SMILES string of the molecule is CCn1c(SCC(=O)NC2(C(=O)OC)CCC(C)CC2)nnc1-c1ccccc1C. The molecule has 0 spiro atoms. The summed E-state index contributed by atoms with van der Waals surface area (Å²) in [6.45, 7) is 6.94. The van der Waals surface area contributed by atoms with E-state index in [9.17, 15) is 9.59 Å². The molecule has 0 bridgehead atoms. The first-order valence-electron chi connectivity index (χ1n) is 10.4. The number of rotatable bonds is 7. The van der Waals surface area contributed by atoms with Gasteiger partial charge in [-0.1, -0.05) is 43.0 Å². The van der Waals surface area contributed by atoms with Gasteiger partial charge in [0, 0.05) is 12.1 Å². The minimum absolute atomic E-state index is 0.167. The molecule has 1 fully saturated rings. The van der Waals surface area contributed by atoms with Crippen LogP contribution in [0.5, 0.6) is 0 Å². The number of thioether (sulfide) groups is 1. The number of ether oxygens (including phenoxy) is 1. The number of carbonyl (C=O) groups excluding carboxylic acids is 2. The lowest BCUT2D eigenvalue weighted by Gasteiger charge is -2.37. The first-order valence-corrected chi connectivity index (χ1v) is 11.4. The van der Waals surface area contributed by atoms with E-state index in [0.29, 0.717) is 30.5 Å². The Morgan fingerprint density at radius 2 is 1.97 bits per heavy atom. The Bertz CT molecular complexity index is 904. The average Bonchev–Trinajstić information content (AvgIpc) is 3.16. The number of aryl methyl sites for hydroxylation is 1. The van der Waals surface area contributed by atoms with Gasteiger partial charge < -0.3 is 14.6 Å². The molecule has 0 radical (unpaired) electrons. The van der Waals surface area contributed by atoms with Gasteiger partial charge in [-0.05, 0) is 51.0 Å². The molecule has 7 nitrogen and oxygen atoms in total. The van der Waals surface area contributed by atoms with Crippen molar-refractivity contribution < 1.29 is 14.3 Å². The largest absolute Gasteiger partial charge is 0.467 e. The first-order chi connectivity index (χ1) is 14.4. The smallest absolute Gasteiger partial charge is 0.331 e. The summed E-state index contributed by atoms with van der Waals surface area (Å²) < 4.78 is 7.02. The zero-order valence-electron chi connectivity index (χ0n) is 18.1. The number of amides is 1. The average molecular weight is 431 g/mol. The molecule has 1 heterocycles. The molecule has 1 amide bonds. The fourth-order valence-electron chi connectivity index (χ4n) is 3.97. The van der Waals surface area contributed by atoms with E-state index in [4.69, 9.17) is 4.74 Å². The molecular weight excluding hydrogens is 400 g/mol. The summed E-state index contributed by atoms with van der Waals surface area (Å²) in [5.41, 5.74) is 1.24. The molecular formula is C22H30N4O3S. The van der Waals surface area contributed by atoms with E-state index >= 15 is 0 Å². The van der Waals surface area contributed by atoms with Crippen molar-refractivity contribution in [3.8, 4) is 11.4 Å². The van der Waals surface area contributed by atoms with Crippen LogP contribution >= 0.6 is 11.8 Å². The molecule has 8 heteroatoms. The van der Waals surface area contributed by atoms with Gasteiger partial charge >= 0.3 is 5.97 Å². The molecule has 1 aromatic heterocycles. The number of esters is 1. The normalized spacial score (nSPS) is 21.3. The van der Waals surface area contributed by atoms with Gasteiger partial charge in [0.05, 0.1) is 12.9 Å². The molecule has 3 rings (SSSR count). The second-order valence-corrected chi connectivity index (χ2v) is 8.90. The molecule has 1 aliphatic rings. The molecule has 0 aliphatic heterocycles. The fraction of sp³-hybridized carbons (Fsp3) is 0.545. The maximum absolute atomic E-state index is 12.7. The number of carbonyl (C=O) groups is 2. The van der Waals surface area contributed by atoms with Crippen molar-refractivity contribution in [2.45, 2.75) is 63.7 Å². The summed E-state index contributed by atoms with van der Waals surface area (Å²) in [4.78, 5) is 25.2. The van der Waals surface area contributed by atoms with Gasteiger partial charge in [0.2, 0.25) is 5.91 Å². The minimum Gasteiger partial charge on any atom is -0.467 e. The van der Waals surface area contributed by atoms with Crippen LogP contribution in [0.3, 0.4) is 0 Å². The van der Waals surface area contributed by atoms with E-state index in [-0.39, 0.29) is 17.6 Å². The molecule has 30 heavy (non-hydrogen) atoms. The predicted molar refractivity (Wildman–Crippen MR) is 117 cm³/mol. The van der Waals surface area contributed by atoms with Gasteiger partial charge in [-0.25, -0.2) is 4.79 Å². The lowest BCUT2D eigenvalue weighted by molar-refractivity contribution is -0.152. The molecule has 0 unspecified atom stereocenters. The van der Waals surface area contributed by atoms with Crippen molar-refractivity contribution in [3.63, 3.8) is 0 Å². The number of nitrogens with one attached hydrogen (secondary N) is 1. The predicted octanol–water partition coefficient (Wildman–Crippen LogP) is 3.60. The highest BCUT2D eigenvalue weighted by Gasteiger charge is 2.43. The molecule has 2 aromatic rings. The van der Waals surface area contributed by atoms with Crippen LogP contribution in [-0.2, 0) is 20.9 Å². The van der Waals surface area contributed by atoms with E-state index in [1.807, 2.05) is 42.7 Å². The molecule has 1 N–H and O–H groups in total. The Balaban J connectivity index is 1.70. The Morgan fingerprint density at radius 1 is 1.27 bits per heavy atom. The van der Waals surface area contributed by atoms with Crippen molar-refractivity contribution in [1.82, 2.24) is 20.1 Å². The maximum Gasteiger partial charge on any atom is 0.331 e. The maximum atomic E-state index is 12.7. The molecule has 0 saturated heterocycles. The highest BCUT2D eigenvalue weighted by atomic mass is 32.2. The minimum atomic E-state index is -0.913. The summed E-state index contributed by atoms with van der Waals surface area (Å²) in [5, 5.41) is 12.3. The first kappa shape index (κ1) is 22.3. The zero-order chi connectivity index (χ0) is 21.7. The summed E-state index contributed by atoms with van der Waals surface area (Å²) in [5.74, 6) is 0.970. The van der Waals surface area contributed by atoms with E-state index in [1.54, 1.807) is 0 Å². The number of hydrogen-bond acceptors (Lipinski definition) is 6. The van der Waals surface area contributed by atoms with Crippen LogP contribution in [-0.4, -0.2) is 45.0 Å². The van der Waals surface area contributed by atoms with Crippen LogP contribution < -0.4 is 5.32 Å². The topological polar surface area (TPSA) is 86.1 Å². The highest BCUT2D eigenvalue weighted by molar-refractivity contribution is 7.99. The lowest BCUT2D eigenvalue weighted by atomic mass is 9.77. The van der Waals surface area contributed by atoms with Crippen molar-refractivity contribution in [2.24, 2.45) is 5.92 Å². The zero-order valence-corrected chi connectivity index (χ0v) is 18.9. The third kappa shape index (κ3) is 4.69. The Kier molecular flexibility index (Phi) is 7.18. The summed E-state index contributed by atoms with van der Waals surface area (Å²) in [6.07, 6.45) is 3.01. The third-order valence-electron chi connectivity index (χ3n) is 5.83. The van der Waals surface area contributed by atoms with Crippen LogP contribution in [0.4, 0.5) is 0 Å². The van der Waals surface area contributed by atoms with Gasteiger partial charge in [0.25, 0.3) is 0 Å². The van der Waals surface area contributed by atoms with Crippen molar-refractivity contribution >= 4 is 23.6 Å². The van der Waals surface area contributed by atoms with Crippen molar-refractivity contribution in [2.75, 3.05) is 12.9 Å². The number of nitrogens with zero attached hydrogens (tertiary/aromatic N) is 3. The van der Waals surface area contributed by atoms with Gasteiger partial charge in [0.1, 0.15) is 5.54 Å². The van der Waals surface area contributed by atoms with Crippen LogP contribution in [0, 0.1) is 12.8 Å². The van der Waals surface area contributed by atoms with Gasteiger partial charge in [0.15, 0.2) is 11.0 Å². The number of hydrogen-bond donors (Lipinski definition) is 1. The van der Waals surface area contributed by atoms with Crippen molar-refractivity contribution in [3.05, 3.63) is 29.8 Å². The summed E-state index contributed by atoms with van der Waals surface area (Å²) >= 11 is 1.33. The molecule has 1 saturated carbocycles. The summed E-state index contributed by atoms with van der Waals surface area (Å²) in [7, 11) is 1.37. The fourth-order valence-corrected chi connectivity index (χ4v) is 4.77. The van der Waals surface area contributed by atoms with Crippen LogP contribution in [0.2, 0.25) is 0 Å². The van der Waals surface area contributed by atoms with E-state index in [2.05, 4.69) is 22.4 Å². The standard InChI is InChI=1S/C22H30N4O3S/c1-5-26-19(17-9-7-6-8-16(17)3)24-25-21(26)30-14-18(27)23-22(20(28)29-4)12-10-15(2)11-13-22/h6-9,15H,5,10-14H2,1-4H3,(H,23,27). The van der Waals surface area contributed by atoms with E-state index in [0.717, 1.165) is 29.8 Å². The van der Waals surface area contributed by atoms with Crippen LogP contribution in [0.15, 0.2) is 29.4 Å². The van der Waals surface area contributed by atoms with Crippen LogP contribution in [0.25, 0.3) is 11.4 Å². The highest BCUT2D eigenvalue weighted by Crippen LogP contribution is 2.33. The number of aromatic nitrogens is 3. The second-order valence-electron chi connectivity index (χ2n) is 7.96. The van der Waals surface area contributed by atoms with Crippen LogP contribution in [0.1, 0.15) is 45.1 Å². The molecule has 1 aromatic carbocycles. The van der Waals surface area contributed by atoms with E-state index < -0.39 is 5.54 Å². The van der Waals surface area contributed by atoms with Crippen molar-refractivity contribution in [1.29, 1.82) is 0 Å². The van der Waals surface area contributed by atoms with Gasteiger partial charge in [-0.2, -0.15) is 0 Å². The Labute approximate surface area is 182 Å². The number of benzene rings is 1. The second kappa shape index (κ2) is 9.64. The monoisotopic (exact) mass is 430 g/mol. The Morgan fingerprint density at radius 3 is 2.60 bits per heavy atom. The van der Waals surface area contributed by atoms with Gasteiger partial charge in [-0.3, -0.25) is 4.79 Å². The molecule has 1 aliphatic carbocycles. The Hall–Kier alpha value is -2.35. The number of methoxy groups -OCH3 is 1. The van der Waals surface area contributed by atoms with Gasteiger partial charge in [-0.15, -0.1) is 10.2 Å². The summed E-state index contributed by atoms with van der Waals surface area (Å²) in [6, 6.07) is 8.04. The molecule has 162 valence electrons. The molecule has 0 atom stereocenters. The van der Waals surface area contributed by atoms with E-state index in [1.165, 1.54) is 18.9 Å². The third-order valence-corrected chi connectivity index (χ3v) is 6.80.